The first-order valence-corrected chi connectivity index (χ1v) is 6.76. The first-order valence-electron chi connectivity index (χ1n) is 6.76. The van der Waals surface area contributed by atoms with E-state index in [1.165, 1.54) is 0 Å². The molecule has 0 saturated carbocycles. The molecule has 4 heteroatoms. The molecule has 4 nitrogen and oxygen atoms in total. The third-order valence-corrected chi connectivity index (χ3v) is 3.28. The van der Waals surface area contributed by atoms with Crippen molar-refractivity contribution in [3.8, 4) is 0 Å². The highest BCUT2D eigenvalue weighted by atomic mass is 16.5. The molecule has 1 saturated heterocycles. The van der Waals surface area contributed by atoms with Crippen molar-refractivity contribution in [3.05, 3.63) is 23.8 Å². The van der Waals surface area contributed by atoms with Crippen LogP contribution in [0.2, 0.25) is 0 Å². The van der Waals surface area contributed by atoms with Gasteiger partial charge in [0.1, 0.15) is 5.60 Å². The van der Waals surface area contributed by atoms with Crippen LogP contribution in [0.3, 0.4) is 0 Å². The summed E-state index contributed by atoms with van der Waals surface area (Å²) in [7, 11) is 0. The van der Waals surface area contributed by atoms with E-state index in [0.717, 1.165) is 43.9 Å². The van der Waals surface area contributed by atoms with Gasteiger partial charge in [-0.25, -0.2) is 9.97 Å². The number of hydrogen-bond donors (Lipinski definition) is 1. The number of hydrogen-bond acceptors (Lipinski definition) is 4. The minimum atomic E-state index is -0.274. The Hall–Kier alpha value is -1.00. The molecule has 1 aromatic rings. The van der Waals surface area contributed by atoms with E-state index in [1.54, 1.807) is 0 Å². The fourth-order valence-corrected chi connectivity index (χ4v) is 2.18. The molecule has 0 aromatic carbocycles. The van der Waals surface area contributed by atoms with Crippen molar-refractivity contribution >= 4 is 0 Å². The van der Waals surface area contributed by atoms with E-state index >= 15 is 0 Å². The molecule has 2 heterocycles. The van der Waals surface area contributed by atoms with E-state index in [-0.39, 0.29) is 5.60 Å². The Morgan fingerprint density at radius 3 is 2.67 bits per heavy atom. The standard InChI is InChI=1S/C14H23N3O/c1-11(2)7-15-8-12-9-16-13(17-10-12)14(3)5-4-6-18-14/h9-11,15H,4-8H2,1-3H3. The van der Waals surface area contributed by atoms with Gasteiger partial charge in [-0.05, 0) is 32.2 Å². The molecule has 18 heavy (non-hydrogen) atoms. The molecule has 1 aromatic heterocycles. The molecule has 0 aliphatic carbocycles. The predicted octanol–water partition coefficient (Wildman–Crippen LogP) is 2.25. The van der Waals surface area contributed by atoms with Gasteiger partial charge >= 0.3 is 0 Å². The Labute approximate surface area is 109 Å². The molecule has 0 amide bonds. The highest BCUT2D eigenvalue weighted by Gasteiger charge is 2.34. The Morgan fingerprint density at radius 2 is 2.11 bits per heavy atom. The van der Waals surface area contributed by atoms with Crippen LogP contribution in [0.15, 0.2) is 12.4 Å². The average molecular weight is 249 g/mol. The molecule has 1 atom stereocenters. The largest absolute Gasteiger partial charge is 0.367 e. The second-order valence-electron chi connectivity index (χ2n) is 5.62. The van der Waals surface area contributed by atoms with Crippen LogP contribution in [0.25, 0.3) is 0 Å². The van der Waals surface area contributed by atoms with Crippen LogP contribution in [-0.2, 0) is 16.9 Å². The first-order chi connectivity index (χ1) is 8.60. The average Bonchev–Trinajstić information content (AvgIpc) is 2.78. The van der Waals surface area contributed by atoms with Crippen molar-refractivity contribution in [3.63, 3.8) is 0 Å². The van der Waals surface area contributed by atoms with Crippen molar-refractivity contribution in [2.24, 2.45) is 5.92 Å². The van der Waals surface area contributed by atoms with Crippen LogP contribution in [-0.4, -0.2) is 23.1 Å². The van der Waals surface area contributed by atoms with Crippen molar-refractivity contribution in [2.75, 3.05) is 13.2 Å². The van der Waals surface area contributed by atoms with E-state index in [4.69, 9.17) is 4.74 Å². The van der Waals surface area contributed by atoms with Gasteiger partial charge in [0.05, 0.1) is 0 Å². The van der Waals surface area contributed by atoms with Gasteiger partial charge in [0.25, 0.3) is 0 Å². The Balaban J connectivity index is 1.93. The zero-order chi connectivity index (χ0) is 13.0. The van der Waals surface area contributed by atoms with Crippen LogP contribution in [0, 0.1) is 5.92 Å². The van der Waals surface area contributed by atoms with E-state index in [1.807, 2.05) is 12.4 Å². The maximum Gasteiger partial charge on any atom is 0.159 e. The van der Waals surface area contributed by atoms with Gasteiger partial charge in [-0.15, -0.1) is 0 Å². The summed E-state index contributed by atoms with van der Waals surface area (Å²) >= 11 is 0. The number of nitrogens with zero attached hydrogens (tertiary/aromatic N) is 2. The zero-order valence-corrected chi connectivity index (χ0v) is 11.6. The molecule has 1 aliphatic rings. The summed E-state index contributed by atoms with van der Waals surface area (Å²) < 4.78 is 5.74. The van der Waals surface area contributed by atoms with E-state index in [9.17, 15) is 0 Å². The lowest BCUT2D eigenvalue weighted by atomic mass is 10.0. The zero-order valence-electron chi connectivity index (χ0n) is 11.6. The maximum atomic E-state index is 5.74. The quantitative estimate of drug-likeness (QED) is 0.869. The van der Waals surface area contributed by atoms with Crippen LogP contribution >= 0.6 is 0 Å². The van der Waals surface area contributed by atoms with Crippen molar-refractivity contribution in [1.82, 2.24) is 15.3 Å². The molecule has 0 radical (unpaired) electrons. The third kappa shape index (κ3) is 3.27. The van der Waals surface area contributed by atoms with Crippen LogP contribution < -0.4 is 5.32 Å². The Kier molecular flexibility index (Phi) is 4.30. The highest BCUT2D eigenvalue weighted by Crippen LogP contribution is 2.32. The van der Waals surface area contributed by atoms with Crippen molar-refractivity contribution in [1.29, 1.82) is 0 Å². The number of ether oxygens (including phenoxy) is 1. The van der Waals surface area contributed by atoms with Crippen molar-refractivity contribution < 1.29 is 4.74 Å². The van der Waals surface area contributed by atoms with Crippen LogP contribution in [0.4, 0.5) is 0 Å². The fraction of sp³-hybridized carbons (Fsp3) is 0.714. The summed E-state index contributed by atoms with van der Waals surface area (Å²) in [5.74, 6) is 1.48. The third-order valence-electron chi connectivity index (χ3n) is 3.28. The SMILES string of the molecule is CC(C)CNCc1cnc(C2(C)CCCO2)nc1. The molecule has 0 bridgehead atoms. The van der Waals surface area contributed by atoms with Gasteiger partial charge in [0, 0.05) is 31.1 Å². The Bertz CT molecular complexity index is 369. The molecule has 1 aliphatic heterocycles. The first kappa shape index (κ1) is 13.4. The smallest absolute Gasteiger partial charge is 0.159 e. The minimum Gasteiger partial charge on any atom is -0.367 e. The molecule has 1 N–H and O–H groups in total. The normalized spacial score (nSPS) is 23.8. The summed E-state index contributed by atoms with van der Waals surface area (Å²) in [5, 5.41) is 3.39. The van der Waals surface area contributed by atoms with Crippen molar-refractivity contribution in [2.45, 2.75) is 45.8 Å². The van der Waals surface area contributed by atoms with Gasteiger partial charge in [0.15, 0.2) is 5.82 Å². The fourth-order valence-electron chi connectivity index (χ4n) is 2.18. The lowest BCUT2D eigenvalue weighted by Gasteiger charge is -2.21. The second kappa shape index (κ2) is 5.76. The van der Waals surface area contributed by atoms with E-state index in [0.29, 0.717) is 5.92 Å². The number of aromatic nitrogens is 2. The highest BCUT2D eigenvalue weighted by molar-refractivity contribution is 5.09. The van der Waals surface area contributed by atoms with Gasteiger partial charge in [0.2, 0.25) is 0 Å². The maximum absolute atomic E-state index is 5.74. The monoisotopic (exact) mass is 249 g/mol. The minimum absolute atomic E-state index is 0.274. The van der Waals surface area contributed by atoms with E-state index in [2.05, 4.69) is 36.1 Å². The molecular formula is C14H23N3O. The summed E-state index contributed by atoms with van der Waals surface area (Å²) in [6, 6.07) is 0. The van der Waals surface area contributed by atoms with Crippen LogP contribution in [0.1, 0.15) is 45.0 Å². The molecule has 100 valence electrons. The summed E-state index contributed by atoms with van der Waals surface area (Å²) in [4.78, 5) is 8.91. The summed E-state index contributed by atoms with van der Waals surface area (Å²) in [5.41, 5.74) is 0.852. The summed E-state index contributed by atoms with van der Waals surface area (Å²) in [6.45, 7) is 9.14. The topological polar surface area (TPSA) is 47.0 Å². The predicted molar refractivity (Wildman–Crippen MR) is 71.1 cm³/mol. The van der Waals surface area contributed by atoms with Gasteiger partial charge in [-0.2, -0.15) is 0 Å². The molecule has 1 unspecified atom stereocenters. The van der Waals surface area contributed by atoms with Gasteiger partial charge in [-0.1, -0.05) is 13.8 Å². The van der Waals surface area contributed by atoms with Gasteiger partial charge in [-0.3, -0.25) is 0 Å². The molecule has 0 spiro atoms. The Morgan fingerprint density at radius 1 is 1.39 bits per heavy atom. The lowest BCUT2D eigenvalue weighted by molar-refractivity contribution is 0.00927. The van der Waals surface area contributed by atoms with E-state index < -0.39 is 0 Å². The number of rotatable bonds is 5. The van der Waals surface area contributed by atoms with Crippen LogP contribution in [0.5, 0.6) is 0 Å². The molecular weight excluding hydrogens is 226 g/mol. The van der Waals surface area contributed by atoms with Gasteiger partial charge < -0.3 is 10.1 Å². The second-order valence-corrected chi connectivity index (χ2v) is 5.62. The lowest BCUT2D eigenvalue weighted by Crippen LogP contribution is -2.24. The molecule has 1 fully saturated rings. The molecule has 2 rings (SSSR count). The number of nitrogens with one attached hydrogen (secondary N) is 1. The summed E-state index contributed by atoms with van der Waals surface area (Å²) in [6.07, 6.45) is 5.92.